The van der Waals surface area contributed by atoms with Gasteiger partial charge in [0.15, 0.2) is 17.3 Å². The lowest BCUT2D eigenvalue weighted by atomic mass is 10.00. The Hall–Kier alpha value is -3.22. The summed E-state index contributed by atoms with van der Waals surface area (Å²) in [5, 5.41) is 0. The summed E-state index contributed by atoms with van der Waals surface area (Å²) in [6.45, 7) is 8.15. The molecule has 0 bridgehead atoms. The van der Waals surface area contributed by atoms with E-state index in [0.29, 0.717) is 29.4 Å². The maximum Gasteiger partial charge on any atom is 0.308 e. The van der Waals surface area contributed by atoms with Crippen molar-refractivity contribution in [2.24, 2.45) is 5.92 Å². The van der Waals surface area contributed by atoms with Gasteiger partial charge in [-0.15, -0.1) is 0 Å². The van der Waals surface area contributed by atoms with Gasteiger partial charge in [-0.1, -0.05) is 6.92 Å². The monoisotopic (exact) mass is 454 g/mol. The summed E-state index contributed by atoms with van der Waals surface area (Å²) < 4.78 is 16.1. The minimum atomic E-state index is -0.160. The van der Waals surface area contributed by atoms with Gasteiger partial charge in [0, 0.05) is 5.56 Å². The van der Waals surface area contributed by atoms with Crippen LogP contribution in [0.25, 0.3) is 6.08 Å². The highest BCUT2D eigenvalue weighted by Crippen LogP contribution is 2.29. The molecule has 1 heterocycles. The second kappa shape index (κ2) is 12.7. The molecule has 1 aromatic carbocycles. The quantitative estimate of drug-likeness (QED) is 0.192. The van der Waals surface area contributed by atoms with Gasteiger partial charge in [-0.3, -0.25) is 14.6 Å². The molecule has 1 unspecified atom stereocenters. The predicted molar refractivity (Wildman–Crippen MR) is 128 cm³/mol. The lowest BCUT2D eigenvalue weighted by Gasteiger charge is -2.13. The molecule has 0 spiro atoms. The first-order chi connectivity index (χ1) is 15.8. The third kappa shape index (κ3) is 7.41. The van der Waals surface area contributed by atoms with Crippen molar-refractivity contribution in [3.05, 3.63) is 52.6 Å². The van der Waals surface area contributed by atoms with Gasteiger partial charge in [0.05, 0.1) is 49.5 Å². The number of nitrogens with zero attached hydrogens (tertiary/aromatic N) is 2. The van der Waals surface area contributed by atoms with E-state index in [1.54, 1.807) is 31.4 Å². The van der Waals surface area contributed by atoms with Gasteiger partial charge in [-0.05, 0) is 76.8 Å². The Morgan fingerprint density at radius 1 is 1.00 bits per heavy atom. The molecule has 0 aliphatic heterocycles. The van der Waals surface area contributed by atoms with E-state index in [1.807, 2.05) is 27.7 Å². The van der Waals surface area contributed by atoms with Crippen molar-refractivity contribution in [1.29, 1.82) is 0 Å². The molecule has 0 radical (unpaired) electrons. The number of aryl methyl sites for hydroxylation is 3. The third-order valence-electron chi connectivity index (χ3n) is 5.59. The van der Waals surface area contributed by atoms with Crippen molar-refractivity contribution < 1.29 is 23.8 Å². The molecule has 1 aromatic heterocycles. The molecule has 0 aliphatic rings. The summed E-state index contributed by atoms with van der Waals surface area (Å²) in [6, 6.07) is 5.13. The molecule has 0 aliphatic carbocycles. The number of carbonyl (C=O) groups excluding carboxylic acids is 2. The number of hydrogen-bond acceptors (Lipinski definition) is 7. The first-order valence-electron chi connectivity index (χ1n) is 11.2. The number of ketones is 1. The van der Waals surface area contributed by atoms with E-state index in [9.17, 15) is 9.59 Å². The highest BCUT2D eigenvalue weighted by molar-refractivity contribution is 6.07. The zero-order valence-corrected chi connectivity index (χ0v) is 20.4. The second-order valence-electron chi connectivity index (χ2n) is 7.90. The number of carbonyl (C=O) groups is 2. The Morgan fingerprint density at radius 3 is 2.39 bits per heavy atom. The number of rotatable bonds is 12. The van der Waals surface area contributed by atoms with Crippen LogP contribution in [-0.4, -0.2) is 42.5 Å². The van der Waals surface area contributed by atoms with Crippen LogP contribution in [0.1, 0.15) is 65.7 Å². The smallest absolute Gasteiger partial charge is 0.308 e. The third-order valence-corrected chi connectivity index (χ3v) is 5.59. The molecule has 2 rings (SSSR count). The molecule has 33 heavy (non-hydrogen) atoms. The molecule has 0 N–H and O–H groups in total. The van der Waals surface area contributed by atoms with Crippen molar-refractivity contribution in [2.75, 3.05) is 20.8 Å². The van der Waals surface area contributed by atoms with Crippen LogP contribution in [0.3, 0.4) is 0 Å². The van der Waals surface area contributed by atoms with Crippen molar-refractivity contribution in [2.45, 2.75) is 53.4 Å². The summed E-state index contributed by atoms with van der Waals surface area (Å²) in [7, 11) is 2.96. The van der Waals surface area contributed by atoms with Gasteiger partial charge in [0.2, 0.25) is 0 Å². The molecule has 7 heteroatoms. The van der Waals surface area contributed by atoms with Crippen LogP contribution >= 0.6 is 0 Å². The number of unbranched alkanes of at least 4 members (excludes halogenated alkanes) is 1. The summed E-state index contributed by atoms with van der Waals surface area (Å²) in [6.07, 6.45) is 6.38. The van der Waals surface area contributed by atoms with E-state index >= 15 is 0 Å². The highest BCUT2D eigenvalue weighted by atomic mass is 16.5. The average molecular weight is 455 g/mol. The fraction of sp³-hybridized carbons (Fsp3) is 0.462. The number of hydrogen-bond donors (Lipinski definition) is 0. The first-order valence-corrected chi connectivity index (χ1v) is 11.2. The van der Waals surface area contributed by atoms with E-state index in [1.165, 1.54) is 13.2 Å². The number of benzene rings is 1. The number of aromatic nitrogens is 2. The van der Waals surface area contributed by atoms with Gasteiger partial charge in [-0.2, -0.15) is 0 Å². The van der Waals surface area contributed by atoms with Crippen LogP contribution < -0.4 is 9.47 Å². The molecular weight excluding hydrogens is 420 g/mol. The summed E-state index contributed by atoms with van der Waals surface area (Å²) in [5.74, 6) is 0.689. The van der Waals surface area contributed by atoms with Gasteiger partial charge in [0.1, 0.15) is 0 Å². The first kappa shape index (κ1) is 26.0. The van der Waals surface area contributed by atoms with Gasteiger partial charge in [0.25, 0.3) is 0 Å². The zero-order valence-electron chi connectivity index (χ0n) is 20.4. The van der Waals surface area contributed by atoms with Crippen LogP contribution in [0.5, 0.6) is 11.5 Å². The Kier molecular flexibility index (Phi) is 10.0. The van der Waals surface area contributed by atoms with E-state index in [-0.39, 0.29) is 17.7 Å². The molecule has 0 saturated carbocycles. The van der Waals surface area contributed by atoms with Crippen molar-refractivity contribution in [1.82, 2.24) is 9.97 Å². The Morgan fingerprint density at radius 2 is 1.73 bits per heavy atom. The molecule has 0 amide bonds. The second-order valence-corrected chi connectivity index (χ2v) is 7.90. The van der Waals surface area contributed by atoms with E-state index < -0.39 is 0 Å². The minimum absolute atomic E-state index is 0.0681. The molecule has 178 valence electrons. The maximum absolute atomic E-state index is 12.7. The number of esters is 1. The summed E-state index contributed by atoms with van der Waals surface area (Å²) in [4.78, 5) is 33.3. The Labute approximate surface area is 196 Å². The van der Waals surface area contributed by atoms with Crippen molar-refractivity contribution in [3.8, 4) is 11.5 Å². The lowest BCUT2D eigenvalue weighted by Crippen LogP contribution is -2.15. The van der Waals surface area contributed by atoms with E-state index in [2.05, 4.69) is 9.97 Å². The van der Waals surface area contributed by atoms with Gasteiger partial charge < -0.3 is 14.2 Å². The van der Waals surface area contributed by atoms with Crippen molar-refractivity contribution >= 4 is 17.8 Å². The largest absolute Gasteiger partial charge is 0.493 e. The SMILES string of the molecule is CCC(CCCCOc1ccc(C(=O)/C=C/c2nc(C)c(C)nc2C)cc1OC)C(=O)OC. The molecule has 7 nitrogen and oxygen atoms in total. The van der Waals surface area contributed by atoms with E-state index in [4.69, 9.17) is 14.2 Å². The van der Waals surface area contributed by atoms with Crippen LogP contribution in [0.15, 0.2) is 24.3 Å². The summed E-state index contributed by atoms with van der Waals surface area (Å²) >= 11 is 0. The standard InChI is InChI=1S/C26H34N2O5/c1-7-20(26(30)32-6)10-8-9-15-33-24-14-11-21(16-25(24)31-5)23(29)13-12-22-19(4)27-17(2)18(3)28-22/h11-14,16,20H,7-10,15H2,1-6H3/b13-12+. The summed E-state index contributed by atoms with van der Waals surface area (Å²) in [5.41, 5.74) is 3.67. The molecule has 0 saturated heterocycles. The number of allylic oxidation sites excluding steroid dienone is 1. The van der Waals surface area contributed by atoms with Crippen LogP contribution in [0.4, 0.5) is 0 Å². The fourth-order valence-electron chi connectivity index (χ4n) is 3.41. The fourth-order valence-corrected chi connectivity index (χ4v) is 3.41. The van der Waals surface area contributed by atoms with Crippen LogP contribution in [-0.2, 0) is 9.53 Å². The van der Waals surface area contributed by atoms with E-state index in [0.717, 1.165) is 42.8 Å². The Bertz CT molecular complexity index is 1000. The average Bonchev–Trinajstić information content (AvgIpc) is 2.82. The van der Waals surface area contributed by atoms with Crippen LogP contribution in [0.2, 0.25) is 0 Å². The minimum Gasteiger partial charge on any atom is -0.493 e. The predicted octanol–water partition coefficient (Wildman–Crippen LogP) is 5.05. The zero-order chi connectivity index (χ0) is 24.4. The topological polar surface area (TPSA) is 87.6 Å². The molecule has 1 atom stereocenters. The van der Waals surface area contributed by atoms with Crippen LogP contribution in [0, 0.1) is 26.7 Å². The lowest BCUT2D eigenvalue weighted by molar-refractivity contribution is -0.145. The molecule has 2 aromatic rings. The van der Waals surface area contributed by atoms with Gasteiger partial charge in [-0.25, -0.2) is 4.98 Å². The molecule has 0 fully saturated rings. The maximum atomic E-state index is 12.7. The highest BCUT2D eigenvalue weighted by Gasteiger charge is 2.16. The van der Waals surface area contributed by atoms with Gasteiger partial charge >= 0.3 is 5.97 Å². The molecular formula is C26H34N2O5. The normalized spacial score (nSPS) is 11.9. The Balaban J connectivity index is 1.96. The number of ether oxygens (including phenoxy) is 3. The van der Waals surface area contributed by atoms with Crippen molar-refractivity contribution in [3.63, 3.8) is 0 Å². The number of methoxy groups -OCH3 is 2.